The molecule has 1 aromatic rings. The predicted octanol–water partition coefficient (Wildman–Crippen LogP) is 0.332. The van der Waals surface area contributed by atoms with E-state index in [2.05, 4.69) is 10.0 Å². The Hall–Kier alpha value is -1.93. The summed E-state index contributed by atoms with van der Waals surface area (Å²) in [6, 6.07) is 5.31. The Kier molecular flexibility index (Phi) is 4.02. The SMILES string of the molecule is CNC(=O)c1ccc(S(=O)(=O)NC2(C(=O)O)CCC2)cc1. The molecule has 0 heterocycles. The predicted molar refractivity (Wildman–Crippen MR) is 74.4 cm³/mol. The first-order chi connectivity index (χ1) is 9.81. The van der Waals surface area contributed by atoms with Gasteiger partial charge in [-0.05, 0) is 43.5 Å². The highest BCUT2D eigenvalue weighted by atomic mass is 32.2. The number of sulfonamides is 1. The third kappa shape index (κ3) is 2.91. The molecule has 0 aliphatic heterocycles. The van der Waals surface area contributed by atoms with Crippen molar-refractivity contribution in [3.8, 4) is 0 Å². The van der Waals surface area contributed by atoms with E-state index in [9.17, 15) is 18.0 Å². The third-order valence-corrected chi connectivity index (χ3v) is 5.15. The van der Waals surface area contributed by atoms with Crippen LogP contribution in [-0.4, -0.2) is 38.0 Å². The number of carboxylic acids is 1. The molecule has 2 rings (SSSR count). The number of aliphatic carboxylic acids is 1. The lowest BCUT2D eigenvalue weighted by Crippen LogP contribution is -2.58. The van der Waals surface area contributed by atoms with Crippen molar-refractivity contribution >= 4 is 21.9 Å². The summed E-state index contributed by atoms with van der Waals surface area (Å²) < 4.78 is 26.7. The van der Waals surface area contributed by atoms with Crippen molar-refractivity contribution in [3.63, 3.8) is 0 Å². The monoisotopic (exact) mass is 312 g/mol. The molecule has 8 heteroatoms. The van der Waals surface area contributed by atoms with Crippen LogP contribution in [0.4, 0.5) is 0 Å². The van der Waals surface area contributed by atoms with Crippen LogP contribution in [0.15, 0.2) is 29.2 Å². The van der Waals surface area contributed by atoms with E-state index >= 15 is 0 Å². The maximum Gasteiger partial charge on any atom is 0.324 e. The molecule has 0 unspecified atom stereocenters. The van der Waals surface area contributed by atoms with Gasteiger partial charge in [0.15, 0.2) is 0 Å². The van der Waals surface area contributed by atoms with Crippen molar-refractivity contribution < 1.29 is 23.1 Å². The molecule has 0 atom stereocenters. The van der Waals surface area contributed by atoms with Crippen molar-refractivity contribution in [2.24, 2.45) is 0 Å². The summed E-state index contributed by atoms with van der Waals surface area (Å²) in [4.78, 5) is 22.5. The van der Waals surface area contributed by atoms with Gasteiger partial charge in [0.1, 0.15) is 5.54 Å². The Morgan fingerprint density at radius 3 is 2.14 bits per heavy atom. The maximum absolute atomic E-state index is 12.2. The molecule has 7 nitrogen and oxygen atoms in total. The molecule has 0 aromatic heterocycles. The van der Waals surface area contributed by atoms with Crippen LogP contribution < -0.4 is 10.0 Å². The molecule has 1 aliphatic rings. The number of carbonyl (C=O) groups is 2. The van der Waals surface area contributed by atoms with Crippen molar-refractivity contribution in [2.45, 2.75) is 29.7 Å². The minimum absolute atomic E-state index is 0.0670. The van der Waals surface area contributed by atoms with E-state index in [4.69, 9.17) is 5.11 Å². The largest absolute Gasteiger partial charge is 0.480 e. The maximum atomic E-state index is 12.2. The number of rotatable bonds is 5. The normalized spacial score (nSPS) is 16.8. The molecule has 1 saturated carbocycles. The van der Waals surface area contributed by atoms with E-state index in [1.807, 2.05) is 0 Å². The summed E-state index contributed by atoms with van der Waals surface area (Å²) in [5.74, 6) is -1.49. The smallest absolute Gasteiger partial charge is 0.324 e. The zero-order valence-electron chi connectivity index (χ0n) is 11.4. The molecule has 21 heavy (non-hydrogen) atoms. The van der Waals surface area contributed by atoms with Crippen molar-refractivity contribution in [1.82, 2.24) is 10.0 Å². The number of hydrogen-bond acceptors (Lipinski definition) is 4. The van der Waals surface area contributed by atoms with Gasteiger partial charge in [-0.1, -0.05) is 0 Å². The molecule has 1 amide bonds. The van der Waals surface area contributed by atoms with E-state index in [1.54, 1.807) is 0 Å². The lowest BCUT2D eigenvalue weighted by atomic mass is 9.78. The Labute approximate surface area is 122 Å². The molecule has 3 N–H and O–H groups in total. The molecule has 0 bridgehead atoms. The first kappa shape index (κ1) is 15.5. The second-order valence-corrected chi connectivity index (χ2v) is 6.63. The van der Waals surface area contributed by atoms with Crippen LogP contribution in [0.3, 0.4) is 0 Å². The average molecular weight is 312 g/mol. The summed E-state index contributed by atoms with van der Waals surface area (Å²) in [7, 11) is -2.46. The van der Waals surface area contributed by atoms with Gasteiger partial charge in [-0.2, -0.15) is 4.72 Å². The molecule has 1 aliphatic carbocycles. The molecule has 114 valence electrons. The molecule has 1 fully saturated rings. The zero-order valence-corrected chi connectivity index (χ0v) is 12.2. The van der Waals surface area contributed by atoms with Gasteiger partial charge in [-0.3, -0.25) is 9.59 Å². The van der Waals surface area contributed by atoms with E-state index in [0.717, 1.165) is 0 Å². The first-order valence-electron chi connectivity index (χ1n) is 6.40. The Balaban J connectivity index is 2.24. The highest BCUT2D eigenvalue weighted by molar-refractivity contribution is 7.89. The molecule has 1 aromatic carbocycles. The van der Waals surface area contributed by atoms with Gasteiger partial charge in [-0.15, -0.1) is 0 Å². The van der Waals surface area contributed by atoms with Crippen molar-refractivity contribution in [2.75, 3.05) is 7.05 Å². The molecule has 0 saturated heterocycles. The van der Waals surface area contributed by atoms with Gasteiger partial charge < -0.3 is 10.4 Å². The van der Waals surface area contributed by atoms with Crippen molar-refractivity contribution in [3.05, 3.63) is 29.8 Å². The van der Waals surface area contributed by atoms with E-state index < -0.39 is 21.5 Å². The molecule has 0 spiro atoms. The third-order valence-electron chi connectivity index (χ3n) is 3.60. The summed E-state index contributed by atoms with van der Waals surface area (Å²) in [5, 5.41) is 11.6. The lowest BCUT2D eigenvalue weighted by Gasteiger charge is -2.37. The summed E-state index contributed by atoms with van der Waals surface area (Å²) in [6.45, 7) is 0. The van der Waals surface area contributed by atoms with E-state index in [1.165, 1.54) is 31.3 Å². The topological polar surface area (TPSA) is 113 Å². The van der Waals surface area contributed by atoms with Gasteiger partial charge in [0.05, 0.1) is 4.90 Å². The fraction of sp³-hybridized carbons (Fsp3) is 0.385. The zero-order chi connectivity index (χ0) is 15.7. The fourth-order valence-electron chi connectivity index (χ4n) is 2.14. The molecular formula is C13H16N2O5S. The average Bonchev–Trinajstić information content (AvgIpc) is 2.42. The van der Waals surface area contributed by atoms with Gasteiger partial charge >= 0.3 is 5.97 Å². The number of carboxylic acid groups (broad SMARTS) is 1. The van der Waals surface area contributed by atoms with E-state index in [0.29, 0.717) is 12.0 Å². The minimum atomic E-state index is -3.94. The number of hydrogen-bond donors (Lipinski definition) is 3. The van der Waals surface area contributed by atoms with Crippen LogP contribution in [0.2, 0.25) is 0 Å². The number of benzene rings is 1. The summed E-state index contributed by atoms with van der Waals surface area (Å²) in [6.07, 6.45) is 1.22. The lowest BCUT2D eigenvalue weighted by molar-refractivity contribution is -0.147. The van der Waals surface area contributed by atoms with Crippen LogP contribution in [0.5, 0.6) is 0 Å². The number of nitrogens with one attached hydrogen (secondary N) is 2. The van der Waals surface area contributed by atoms with Crippen LogP contribution in [0.25, 0.3) is 0 Å². The Bertz CT molecular complexity index is 662. The van der Waals surface area contributed by atoms with E-state index in [-0.39, 0.29) is 23.6 Å². The molecule has 0 radical (unpaired) electrons. The summed E-state index contributed by atoms with van der Waals surface area (Å²) in [5.41, 5.74) is -1.08. The van der Waals surface area contributed by atoms with Crippen LogP contribution in [0.1, 0.15) is 29.6 Å². The Morgan fingerprint density at radius 2 is 1.76 bits per heavy atom. The first-order valence-corrected chi connectivity index (χ1v) is 7.89. The second-order valence-electron chi connectivity index (χ2n) is 4.95. The minimum Gasteiger partial charge on any atom is -0.480 e. The van der Waals surface area contributed by atoms with Crippen LogP contribution >= 0.6 is 0 Å². The second kappa shape index (κ2) is 5.45. The van der Waals surface area contributed by atoms with Gasteiger partial charge in [0, 0.05) is 12.6 Å². The van der Waals surface area contributed by atoms with Gasteiger partial charge in [0.2, 0.25) is 10.0 Å². The van der Waals surface area contributed by atoms with Gasteiger partial charge in [0.25, 0.3) is 5.91 Å². The fourth-order valence-corrected chi connectivity index (χ4v) is 3.55. The van der Waals surface area contributed by atoms with Crippen molar-refractivity contribution in [1.29, 1.82) is 0 Å². The van der Waals surface area contributed by atoms with Crippen LogP contribution in [-0.2, 0) is 14.8 Å². The highest BCUT2D eigenvalue weighted by Crippen LogP contribution is 2.33. The quantitative estimate of drug-likeness (QED) is 0.725. The Morgan fingerprint density at radius 1 is 1.19 bits per heavy atom. The molecular weight excluding hydrogens is 296 g/mol. The van der Waals surface area contributed by atoms with Gasteiger partial charge in [-0.25, -0.2) is 8.42 Å². The standard InChI is InChI=1S/C13H16N2O5S/c1-14-11(16)9-3-5-10(6-4-9)21(19,20)15-13(12(17)18)7-2-8-13/h3-6,15H,2,7-8H2,1H3,(H,14,16)(H,17,18). The number of carbonyl (C=O) groups excluding carboxylic acids is 1. The number of amides is 1. The van der Waals surface area contributed by atoms with Crippen LogP contribution in [0, 0.1) is 0 Å². The highest BCUT2D eigenvalue weighted by Gasteiger charge is 2.47. The summed E-state index contributed by atoms with van der Waals surface area (Å²) >= 11 is 0.